The molecule has 0 bridgehead atoms. The molecule has 2 heteroatoms. The van der Waals surface area contributed by atoms with Crippen molar-refractivity contribution in [1.82, 2.24) is 4.98 Å². The number of methoxy groups -OCH3 is 1. The summed E-state index contributed by atoms with van der Waals surface area (Å²) in [7, 11) is 1.69. The molecule has 0 amide bonds. The fraction of sp³-hybridized carbons (Fsp3) is 0.643. The van der Waals surface area contributed by atoms with Gasteiger partial charge >= 0.3 is 0 Å². The molecule has 0 aromatic carbocycles. The molecule has 90 valence electrons. The van der Waals surface area contributed by atoms with E-state index in [1.54, 1.807) is 7.11 Å². The Morgan fingerprint density at radius 3 is 2.31 bits per heavy atom. The molecule has 0 spiro atoms. The summed E-state index contributed by atoms with van der Waals surface area (Å²) in [5.41, 5.74) is 2.54. The molecule has 0 saturated carbocycles. The maximum atomic E-state index is 5.37. The lowest BCUT2D eigenvalue weighted by molar-refractivity contribution is 0.366. The van der Waals surface area contributed by atoms with Crippen LogP contribution >= 0.6 is 0 Å². The Balaban J connectivity index is 3.02. The van der Waals surface area contributed by atoms with Crippen molar-refractivity contribution in [1.29, 1.82) is 0 Å². The number of hydrogen-bond donors (Lipinski definition) is 0. The highest BCUT2D eigenvalue weighted by Gasteiger charge is 2.16. The molecule has 1 heterocycles. The average molecular weight is 221 g/mol. The predicted octanol–water partition coefficient (Wildman–Crippen LogP) is 3.80. The molecule has 2 nitrogen and oxygen atoms in total. The molecule has 0 N–H and O–H groups in total. The van der Waals surface area contributed by atoms with E-state index in [0.717, 1.165) is 18.0 Å². The molecule has 0 radical (unpaired) electrons. The smallest absolute Gasteiger partial charge is 0.216 e. The monoisotopic (exact) mass is 221 g/mol. The molecule has 1 aromatic heterocycles. The third kappa shape index (κ3) is 3.51. The Bertz CT molecular complexity index is 350. The average Bonchev–Trinajstić information content (AvgIpc) is 2.15. The second kappa shape index (κ2) is 4.86. The number of hydrogen-bond acceptors (Lipinski definition) is 2. The van der Waals surface area contributed by atoms with E-state index < -0.39 is 0 Å². The normalized spacial score (nSPS) is 11.9. The summed E-state index contributed by atoms with van der Waals surface area (Å²) < 4.78 is 5.37. The number of aromatic nitrogens is 1. The largest absolute Gasteiger partial charge is 0.481 e. The van der Waals surface area contributed by atoms with Crippen molar-refractivity contribution in [2.75, 3.05) is 7.11 Å². The van der Waals surface area contributed by atoms with Crippen LogP contribution in [-0.4, -0.2) is 12.1 Å². The van der Waals surface area contributed by atoms with E-state index in [1.807, 2.05) is 0 Å². The Hall–Kier alpha value is -1.05. The molecule has 0 aliphatic rings. The predicted molar refractivity (Wildman–Crippen MR) is 68.0 cm³/mol. The molecule has 0 aliphatic heterocycles. The zero-order valence-electron chi connectivity index (χ0n) is 11.3. The standard InChI is InChI=1S/C14H23NO/c1-10(2)12-8-7-11(9-14(3,4)5)13(15-12)16-6/h7-8,10H,9H2,1-6H3. The molecular weight excluding hydrogens is 198 g/mol. The Morgan fingerprint density at radius 1 is 1.25 bits per heavy atom. The summed E-state index contributed by atoms with van der Waals surface area (Å²) >= 11 is 0. The van der Waals surface area contributed by atoms with Gasteiger partial charge in [-0.15, -0.1) is 0 Å². The summed E-state index contributed by atoms with van der Waals surface area (Å²) in [5.74, 6) is 1.22. The molecule has 1 aromatic rings. The first kappa shape index (κ1) is 13.0. The number of rotatable bonds is 3. The Kier molecular flexibility index (Phi) is 3.95. The number of ether oxygens (including phenoxy) is 1. The molecule has 0 unspecified atom stereocenters. The van der Waals surface area contributed by atoms with Crippen LogP contribution < -0.4 is 4.74 Å². The van der Waals surface area contributed by atoms with Crippen molar-refractivity contribution in [3.8, 4) is 5.88 Å². The topological polar surface area (TPSA) is 22.1 Å². The van der Waals surface area contributed by atoms with E-state index in [-0.39, 0.29) is 5.41 Å². The number of nitrogens with zero attached hydrogens (tertiary/aromatic N) is 1. The Morgan fingerprint density at radius 2 is 1.88 bits per heavy atom. The van der Waals surface area contributed by atoms with Gasteiger partial charge in [0.05, 0.1) is 7.11 Å². The van der Waals surface area contributed by atoms with Gasteiger partial charge in [-0.2, -0.15) is 0 Å². The van der Waals surface area contributed by atoms with Gasteiger partial charge in [0.1, 0.15) is 0 Å². The minimum absolute atomic E-state index is 0.258. The molecule has 0 aliphatic carbocycles. The minimum Gasteiger partial charge on any atom is -0.481 e. The third-order valence-corrected chi connectivity index (χ3v) is 2.47. The Labute approximate surface area is 99.0 Å². The second-order valence-corrected chi connectivity index (χ2v) is 5.80. The fourth-order valence-corrected chi connectivity index (χ4v) is 1.69. The summed E-state index contributed by atoms with van der Waals surface area (Å²) in [6, 6.07) is 4.25. The summed E-state index contributed by atoms with van der Waals surface area (Å²) in [5, 5.41) is 0. The highest BCUT2D eigenvalue weighted by atomic mass is 16.5. The van der Waals surface area contributed by atoms with Crippen LogP contribution in [0.5, 0.6) is 5.88 Å². The SMILES string of the molecule is COc1nc(C(C)C)ccc1CC(C)(C)C. The van der Waals surface area contributed by atoms with E-state index in [4.69, 9.17) is 4.74 Å². The highest BCUT2D eigenvalue weighted by Crippen LogP contribution is 2.27. The maximum Gasteiger partial charge on any atom is 0.216 e. The summed E-state index contributed by atoms with van der Waals surface area (Å²) in [4.78, 5) is 4.55. The van der Waals surface area contributed by atoms with Gasteiger partial charge in [0.25, 0.3) is 0 Å². The van der Waals surface area contributed by atoms with Crippen molar-refractivity contribution >= 4 is 0 Å². The van der Waals surface area contributed by atoms with E-state index in [1.165, 1.54) is 5.56 Å². The molecular formula is C14H23NO. The van der Waals surface area contributed by atoms with Crippen LogP contribution in [0.25, 0.3) is 0 Å². The molecule has 0 fully saturated rings. The molecule has 16 heavy (non-hydrogen) atoms. The van der Waals surface area contributed by atoms with Gasteiger partial charge in [0.2, 0.25) is 5.88 Å². The van der Waals surface area contributed by atoms with E-state index >= 15 is 0 Å². The van der Waals surface area contributed by atoms with Crippen LogP contribution in [-0.2, 0) is 6.42 Å². The highest BCUT2D eigenvalue weighted by molar-refractivity contribution is 5.30. The van der Waals surface area contributed by atoms with Crippen molar-refractivity contribution in [2.45, 2.75) is 47.0 Å². The first-order valence-electron chi connectivity index (χ1n) is 5.87. The van der Waals surface area contributed by atoms with Crippen LogP contribution in [0, 0.1) is 5.41 Å². The van der Waals surface area contributed by atoms with Gasteiger partial charge in [0, 0.05) is 11.3 Å². The lowest BCUT2D eigenvalue weighted by Gasteiger charge is -2.20. The number of pyridine rings is 1. The van der Waals surface area contributed by atoms with Gasteiger partial charge in [-0.05, 0) is 23.8 Å². The van der Waals surface area contributed by atoms with Crippen LogP contribution in [0.2, 0.25) is 0 Å². The van der Waals surface area contributed by atoms with Crippen LogP contribution in [0.1, 0.15) is 51.8 Å². The van der Waals surface area contributed by atoms with Gasteiger partial charge in [-0.3, -0.25) is 0 Å². The first-order chi connectivity index (χ1) is 7.33. The van der Waals surface area contributed by atoms with Crippen molar-refractivity contribution in [3.05, 3.63) is 23.4 Å². The van der Waals surface area contributed by atoms with Crippen LogP contribution in [0.3, 0.4) is 0 Å². The summed E-state index contributed by atoms with van der Waals surface area (Å²) in [6.07, 6.45) is 0.988. The first-order valence-corrected chi connectivity index (χ1v) is 5.87. The summed E-state index contributed by atoms with van der Waals surface area (Å²) in [6.45, 7) is 11.0. The van der Waals surface area contributed by atoms with Crippen molar-refractivity contribution < 1.29 is 4.74 Å². The second-order valence-electron chi connectivity index (χ2n) is 5.80. The van der Waals surface area contributed by atoms with Gasteiger partial charge in [0.15, 0.2) is 0 Å². The van der Waals surface area contributed by atoms with E-state index in [2.05, 4.69) is 51.7 Å². The fourth-order valence-electron chi connectivity index (χ4n) is 1.69. The van der Waals surface area contributed by atoms with Gasteiger partial charge < -0.3 is 4.74 Å². The van der Waals surface area contributed by atoms with Crippen LogP contribution in [0.15, 0.2) is 12.1 Å². The molecule has 0 saturated heterocycles. The molecule has 1 rings (SSSR count). The zero-order valence-corrected chi connectivity index (χ0v) is 11.3. The maximum absolute atomic E-state index is 5.37. The third-order valence-electron chi connectivity index (χ3n) is 2.47. The van der Waals surface area contributed by atoms with Crippen molar-refractivity contribution in [3.63, 3.8) is 0 Å². The lowest BCUT2D eigenvalue weighted by Crippen LogP contribution is -2.11. The minimum atomic E-state index is 0.258. The van der Waals surface area contributed by atoms with Gasteiger partial charge in [-0.25, -0.2) is 4.98 Å². The van der Waals surface area contributed by atoms with Crippen molar-refractivity contribution in [2.24, 2.45) is 5.41 Å². The molecule has 0 atom stereocenters. The van der Waals surface area contributed by atoms with E-state index in [0.29, 0.717) is 5.92 Å². The van der Waals surface area contributed by atoms with E-state index in [9.17, 15) is 0 Å². The van der Waals surface area contributed by atoms with Crippen LogP contribution in [0.4, 0.5) is 0 Å². The lowest BCUT2D eigenvalue weighted by atomic mass is 9.88. The zero-order chi connectivity index (χ0) is 12.3. The quantitative estimate of drug-likeness (QED) is 0.774. The van der Waals surface area contributed by atoms with Gasteiger partial charge in [-0.1, -0.05) is 40.7 Å².